The molecule has 0 aliphatic carbocycles. The summed E-state index contributed by atoms with van der Waals surface area (Å²) in [6, 6.07) is 8.11. The van der Waals surface area contributed by atoms with Gasteiger partial charge in [-0.3, -0.25) is 0 Å². The SMILES string of the molecule is CC(C)(C)c1csc(CC(NC(=O)OCc2ccccc2)C(=O)O)n1. The highest BCUT2D eigenvalue weighted by molar-refractivity contribution is 7.09. The summed E-state index contributed by atoms with van der Waals surface area (Å²) in [7, 11) is 0. The van der Waals surface area contributed by atoms with Gasteiger partial charge in [-0.05, 0) is 5.56 Å². The summed E-state index contributed by atoms with van der Waals surface area (Å²) in [5, 5.41) is 14.3. The normalized spacial score (nSPS) is 12.4. The first-order chi connectivity index (χ1) is 11.8. The molecule has 1 unspecified atom stereocenters. The molecule has 1 amide bonds. The fraction of sp³-hybridized carbons (Fsp3) is 0.389. The predicted octanol–water partition coefficient (Wildman–Crippen LogP) is 3.36. The standard InChI is InChI=1S/C18H22N2O4S/c1-18(2,3)14-11-25-15(20-14)9-13(16(21)22)19-17(23)24-10-12-7-5-4-6-8-12/h4-8,11,13H,9-10H2,1-3H3,(H,19,23)(H,21,22). The summed E-state index contributed by atoms with van der Waals surface area (Å²) in [5.41, 5.74) is 1.64. The Hall–Kier alpha value is -2.41. The number of hydrogen-bond donors (Lipinski definition) is 2. The lowest BCUT2D eigenvalue weighted by atomic mass is 9.93. The molecule has 134 valence electrons. The average molecular weight is 362 g/mol. The lowest BCUT2D eigenvalue weighted by Crippen LogP contribution is -2.42. The Kier molecular flexibility index (Phi) is 6.14. The van der Waals surface area contributed by atoms with E-state index in [0.717, 1.165) is 11.3 Å². The van der Waals surface area contributed by atoms with Gasteiger partial charge in [0.25, 0.3) is 0 Å². The van der Waals surface area contributed by atoms with Crippen LogP contribution in [0, 0.1) is 0 Å². The molecule has 1 atom stereocenters. The Morgan fingerprint density at radius 2 is 1.96 bits per heavy atom. The van der Waals surface area contributed by atoms with Crippen LogP contribution in [0.1, 0.15) is 37.0 Å². The molecule has 0 saturated heterocycles. The number of carboxylic acid groups (broad SMARTS) is 1. The van der Waals surface area contributed by atoms with E-state index in [9.17, 15) is 14.7 Å². The Bertz CT molecular complexity index is 722. The Labute approximate surface area is 150 Å². The molecule has 25 heavy (non-hydrogen) atoms. The summed E-state index contributed by atoms with van der Waals surface area (Å²) < 4.78 is 5.08. The minimum Gasteiger partial charge on any atom is -0.480 e. The summed E-state index contributed by atoms with van der Waals surface area (Å²) in [6.07, 6.45) is -0.639. The molecule has 1 aromatic carbocycles. The van der Waals surface area contributed by atoms with Crippen molar-refractivity contribution in [2.45, 2.75) is 45.3 Å². The van der Waals surface area contributed by atoms with Crippen LogP contribution >= 0.6 is 11.3 Å². The molecule has 0 aliphatic heterocycles. The van der Waals surface area contributed by atoms with Gasteiger partial charge < -0.3 is 15.2 Å². The van der Waals surface area contributed by atoms with Gasteiger partial charge in [-0.1, -0.05) is 51.1 Å². The number of amides is 1. The quantitative estimate of drug-likeness (QED) is 0.822. The van der Waals surface area contributed by atoms with Gasteiger partial charge in [0.15, 0.2) is 0 Å². The first kappa shape index (κ1) is 18.9. The van der Waals surface area contributed by atoms with Crippen LogP contribution in [0.5, 0.6) is 0 Å². The minimum absolute atomic E-state index is 0.0877. The highest BCUT2D eigenvalue weighted by atomic mass is 32.1. The zero-order valence-electron chi connectivity index (χ0n) is 14.5. The number of nitrogens with one attached hydrogen (secondary N) is 1. The molecule has 0 saturated carbocycles. The molecule has 1 heterocycles. The molecular formula is C18H22N2O4S. The van der Waals surface area contributed by atoms with Crippen LogP contribution in [0.15, 0.2) is 35.7 Å². The third kappa shape index (κ3) is 5.86. The zero-order valence-corrected chi connectivity index (χ0v) is 15.3. The number of alkyl carbamates (subject to hydrolysis) is 1. The van der Waals surface area contributed by atoms with Crippen LogP contribution < -0.4 is 5.32 Å². The van der Waals surface area contributed by atoms with Gasteiger partial charge in [0.05, 0.1) is 10.7 Å². The van der Waals surface area contributed by atoms with Crippen LogP contribution in [-0.2, 0) is 28.0 Å². The molecule has 1 aromatic heterocycles. The van der Waals surface area contributed by atoms with E-state index in [1.54, 1.807) is 0 Å². The van der Waals surface area contributed by atoms with E-state index < -0.39 is 18.1 Å². The number of nitrogens with zero attached hydrogens (tertiary/aromatic N) is 1. The number of benzene rings is 1. The molecule has 6 nitrogen and oxygen atoms in total. The van der Waals surface area contributed by atoms with Crippen molar-refractivity contribution in [3.63, 3.8) is 0 Å². The van der Waals surface area contributed by atoms with Crippen molar-refractivity contribution in [3.05, 3.63) is 52.0 Å². The Morgan fingerprint density at radius 3 is 2.52 bits per heavy atom. The molecule has 0 bridgehead atoms. The maximum Gasteiger partial charge on any atom is 0.408 e. The van der Waals surface area contributed by atoms with Crippen LogP contribution in [-0.4, -0.2) is 28.2 Å². The molecule has 2 N–H and O–H groups in total. The third-order valence-corrected chi connectivity index (χ3v) is 4.37. The molecular weight excluding hydrogens is 340 g/mol. The molecule has 0 radical (unpaired) electrons. The smallest absolute Gasteiger partial charge is 0.408 e. The second-order valence-electron chi connectivity index (χ2n) is 6.68. The second-order valence-corrected chi connectivity index (χ2v) is 7.62. The number of thiazole rings is 1. The van der Waals surface area contributed by atoms with Crippen molar-refractivity contribution in [2.75, 3.05) is 0 Å². The lowest BCUT2D eigenvalue weighted by molar-refractivity contribution is -0.139. The lowest BCUT2D eigenvalue weighted by Gasteiger charge is -2.15. The zero-order chi connectivity index (χ0) is 18.4. The summed E-state index contributed by atoms with van der Waals surface area (Å²) >= 11 is 1.39. The van der Waals surface area contributed by atoms with Gasteiger partial charge >= 0.3 is 12.1 Å². The number of carboxylic acids is 1. The molecule has 0 aliphatic rings. The van der Waals surface area contributed by atoms with E-state index in [1.165, 1.54) is 11.3 Å². The van der Waals surface area contributed by atoms with Crippen molar-refractivity contribution < 1.29 is 19.4 Å². The molecule has 0 spiro atoms. The van der Waals surface area contributed by atoms with E-state index in [-0.39, 0.29) is 18.4 Å². The Morgan fingerprint density at radius 1 is 1.28 bits per heavy atom. The maximum absolute atomic E-state index is 11.9. The van der Waals surface area contributed by atoms with Gasteiger partial charge in [-0.2, -0.15) is 0 Å². The van der Waals surface area contributed by atoms with Gasteiger partial charge in [0, 0.05) is 17.2 Å². The van der Waals surface area contributed by atoms with E-state index in [0.29, 0.717) is 5.01 Å². The van der Waals surface area contributed by atoms with Gasteiger partial charge in [0.1, 0.15) is 12.6 Å². The predicted molar refractivity (Wildman–Crippen MR) is 95.7 cm³/mol. The van der Waals surface area contributed by atoms with E-state index >= 15 is 0 Å². The number of ether oxygens (including phenoxy) is 1. The topological polar surface area (TPSA) is 88.5 Å². The second kappa shape index (κ2) is 8.11. The summed E-state index contributed by atoms with van der Waals surface area (Å²) in [6.45, 7) is 6.21. The van der Waals surface area contributed by atoms with Crippen molar-refractivity contribution in [2.24, 2.45) is 0 Å². The van der Waals surface area contributed by atoms with Crippen LogP contribution in [0.3, 0.4) is 0 Å². The molecule has 7 heteroatoms. The monoisotopic (exact) mass is 362 g/mol. The van der Waals surface area contributed by atoms with Gasteiger partial charge in [-0.25, -0.2) is 14.6 Å². The highest BCUT2D eigenvalue weighted by Gasteiger charge is 2.24. The average Bonchev–Trinajstić information content (AvgIpc) is 3.02. The maximum atomic E-state index is 11.9. The minimum atomic E-state index is -1.12. The fourth-order valence-electron chi connectivity index (χ4n) is 2.03. The van der Waals surface area contributed by atoms with Gasteiger partial charge in [0.2, 0.25) is 0 Å². The number of aliphatic carboxylic acids is 1. The number of hydrogen-bond acceptors (Lipinski definition) is 5. The largest absolute Gasteiger partial charge is 0.480 e. The van der Waals surface area contributed by atoms with Crippen molar-refractivity contribution in [1.82, 2.24) is 10.3 Å². The third-order valence-electron chi connectivity index (χ3n) is 3.50. The van der Waals surface area contributed by atoms with Gasteiger partial charge in [-0.15, -0.1) is 11.3 Å². The number of aromatic nitrogens is 1. The Balaban J connectivity index is 1.93. The summed E-state index contributed by atoms with van der Waals surface area (Å²) in [4.78, 5) is 27.8. The van der Waals surface area contributed by atoms with Crippen LogP contribution in [0.25, 0.3) is 0 Å². The fourth-order valence-corrected chi connectivity index (χ4v) is 3.10. The van der Waals surface area contributed by atoms with Crippen LogP contribution in [0.4, 0.5) is 4.79 Å². The number of rotatable bonds is 6. The molecule has 2 rings (SSSR count). The van der Waals surface area contributed by atoms with Crippen molar-refractivity contribution in [3.8, 4) is 0 Å². The number of carbonyl (C=O) groups is 2. The van der Waals surface area contributed by atoms with E-state index in [2.05, 4.69) is 10.3 Å². The summed E-state index contributed by atoms with van der Waals surface area (Å²) in [5.74, 6) is -1.12. The molecule has 0 fully saturated rings. The highest BCUT2D eigenvalue weighted by Crippen LogP contribution is 2.24. The van der Waals surface area contributed by atoms with Crippen LogP contribution in [0.2, 0.25) is 0 Å². The van der Waals surface area contributed by atoms with Crippen molar-refractivity contribution in [1.29, 1.82) is 0 Å². The van der Waals surface area contributed by atoms with E-state index in [1.807, 2.05) is 56.5 Å². The van der Waals surface area contributed by atoms with E-state index in [4.69, 9.17) is 4.74 Å². The first-order valence-corrected chi connectivity index (χ1v) is 8.78. The first-order valence-electron chi connectivity index (χ1n) is 7.90. The molecule has 2 aromatic rings. The van der Waals surface area contributed by atoms with Crippen molar-refractivity contribution >= 4 is 23.4 Å². The number of carbonyl (C=O) groups excluding carboxylic acids is 1.